The number of rotatable bonds is 6. The summed E-state index contributed by atoms with van der Waals surface area (Å²) in [7, 11) is 0. The van der Waals surface area contributed by atoms with Gasteiger partial charge in [0.2, 0.25) is 5.91 Å². The molecule has 150 valence electrons. The number of anilines is 2. The minimum Gasteiger partial charge on any atom is -0.442 e. The van der Waals surface area contributed by atoms with Gasteiger partial charge < -0.3 is 15.0 Å². The molecule has 2 saturated heterocycles. The molecule has 0 radical (unpaired) electrons. The first kappa shape index (κ1) is 19.8. The van der Waals surface area contributed by atoms with Gasteiger partial charge in [0.1, 0.15) is 11.9 Å². The van der Waals surface area contributed by atoms with E-state index in [9.17, 15) is 14.0 Å². The van der Waals surface area contributed by atoms with E-state index in [0.717, 1.165) is 12.8 Å². The van der Waals surface area contributed by atoms with E-state index >= 15 is 0 Å². The highest BCUT2D eigenvalue weighted by Gasteiger charge is 2.33. The van der Waals surface area contributed by atoms with E-state index in [2.05, 4.69) is 15.3 Å². The number of benzene rings is 1. The zero-order chi connectivity index (χ0) is 20.1. The quantitative estimate of drug-likeness (QED) is 0.457. The molecule has 10 heteroatoms. The lowest BCUT2D eigenvalue weighted by Gasteiger charge is -2.33. The molecular weight excluding hydrogens is 367 g/mol. The highest BCUT2D eigenvalue weighted by atomic mass is 19.1. The van der Waals surface area contributed by atoms with Crippen LogP contribution in [0.3, 0.4) is 0 Å². The van der Waals surface area contributed by atoms with Crippen LogP contribution >= 0.6 is 0 Å². The predicted molar refractivity (Wildman–Crippen MR) is 102 cm³/mol. The Hall–Kier alpha value is -3.00. The second-order valence-electron chi connectivity index (χ2n) is 7.03. The van der Waals surface area contributed by atoms with Gasteiger partial charge in [0.15, 0.2) is 0 Å². The van der Waals surface area contributed by atoms with Crippen molar-refractivity contribution < 1.29 is 18.7 Å². The van der Waals surface area contributed by atoms with Crippen molar-refractivity contribution in [1.82, 2.24) is 5.32 Å². The van der Waals surface area contributed by atoms with Crippen molar-refractivity contribution in [1.29, 1.82) is 0 Å². The van der Waals surface area contributed by atoms with E-state index in [1.54, 1.807) is 12.1 Å². The van der Waals surface area contributed by atoms with Crippen molar-refractivity contribution in [3.05, 3.63) is 34.5 Å². The molecule has 2 aliphatic heterocycles. The minimum absolute atomic E-state index is 0.201. The Labute approximate surface area is 162 Å². The van der Waals surface area contributed by atoms with Gasteiger partial charge in [-0.3, -0.25) is 9.69 Å². The van der Waals surface area contributed by atoms with E-state index < -0.39 is 18.0 Å². The van der Waals surface area contributed by atoms with E-state index in [1.165, 1.54) is 17.9 Å². The summed E-state index contributed by atoms with van der Waals surface area (Å²) in [4.78, 5) is 29.2. The van der Waals surface area contributed by atoms with E-state index in [4.69, 9.17) is 10.3 Å². The van der Waals surface area contributed by atoms with Crippen molar-refractivity contribution in [2.45, 2.75) is 25.9 Å². The lowest BCUT2D eigenvalue weighted by Crippen LogP contribution is -2.35. The SMILES string of the molecule is CC(=O)NCC1CN(c2ccc(N3CCC(CN=[N+]=[N-])CC3)c(F)c2)C(=O)O1. The van der Waals surface area contributed by atoms with Crippen molar-refractivity contribution >= 4 is 23.4 Å². The fourth-order valence-electron chi connectivity index (χ4n) is 3.52. The molecule has 3 rings (SSSR count). The van der Waals surface area contributed by atoms with Gasteiger partial charge in [0.25, 0.3) is 0 Å². The Morgan fingerprint density at radius 2 is 2.18 bits per heavy atom. The molecule has 0 aromatic heterocycles. The standard InChI is InChI=1S/C18H23FN6O3/c1-12(26)21-10-15-11-25(18(27)28-15)14-2-3-17(16(19)8-14)24-6-4-13(5-7-24)9-22-23-20/h2-3,8,13,15H,4-7,9-11H2,1H3,(H,21,26). The largest absolute Gasteiger partial charge is 0.442 e. The Bertz CT molecular complexity index is 790. The van der Waals surface area contributed by atoms with E-state index in [0.29, 0.717) is 36.9 Å². The average Bonchev–Trinajstić information content (AvgIpc) is 3.06. The van der Waals surface area contributed by atoms with Gasteiger partial charge >= 0.3 is 6.09 Å². The molecule has 0 saturated carbocycles. The number of nitrogens with zero attached hydrogens (tertiary/aromatic N) is 5. The summed E-state index contributed by atoms with van der Waals surface area (Å²) in [5, 5.41) is 6.23. The summed E-state index contributed by atoms with van der Waals surface area (Å²) < 4.78 is 19.9. The summed E-state index contributed by atoms with van der Waals surface area (Å²) in [6, 6.07) is 4.71. The van der Waals surface area contributed by atoms with Crippen LogP contribution in [0.15, 0.2) is 23.3 Å². The molecule has 2 amide bonds. The van der Waals surface area contributed by atoms with Crippen LogP contribution in [0.25, 0.3) is 10.4 Å². The lowest BCUT2D eigenvalue weighted by atomic mass is 9.96. The second-order valence-corrected chi connectivity index (χ2v) is 7.03. The van der Waals surface area contributed by atoms with Crippen LogP contribution in [0, 0.1) is 11.7 Å². The summed E-state index contributed by atoms with van der Waals surface area (Å²) in [6.45, 7) is 3.72. The smallest absolute Gasteiger partial charge is 0.414 e. The second kappa shape index (κ2) is 8.79. The Morgan fingerprint density at radius 3 is 2.82 bits per heavy atom. The topological polar surface area (TPSA) is 111 Å². The Kier molecular flexibility index (Phi) is 6.20. The minimum atomic E-state index is -0.554. The van der Waals surface area contributed by atoms with Crippen LogP contribution < -0.4 is 15.1 Å². The highest BCUT2D eigenvalue weighted by molar-refractivity contribution is 5.90. The molecule has 1 N–H and O–H groups in total. The third kappa shape index (κ3) is 4.64. The molecule has 2 fully saturated rings. The molecule has 2 heterocycles. The zero-order valence-electron chi connectivity index (χ0n) is 15.7. The normalized spacial score (nSPS) is 19.9. The van der Waals surface area contributed by atoms with Crippen LogP contribution in [0.5, 0.6) is 0 Å². The number of carbonyl (C=O) groups excluding carboxylic acids is 2. The predicted octanol–water partition coefficient (Wildman–Crippen LogP) is 2.81. The number of carbonyl (C=O) groups is 2. The molecule has 1 unspecified atom stereocenters. The fourth-order valence-corrected chi connectivity index (χ4v) is 3.52. The maximum absolute atomic E-state index is 14.7. The molecule has 1 atom stereocenters. The van der Waals surface area contributed by atoms with Crippen molar-refractivity contribution in [2.24, 2.45) is 11.0 Å². The van der Waals surface area contributed by atoms with E-state index in [1.807, 2.05) is 4.90 Å². The van der Waals surface area contributed by atoms with Gasteiger partial charge in [0, 0.05) is 31.5 Å². The molecule has 0 aliphatic carbocycles. The molecule has 1 aromatic rings. The van der Waals surface area contributed by atoms with Crippen LogP contribution in [0.1, 0.15) is 19.8 Å². The Morgan fingerprint density at radius 1 is 1.43 bits per heavy atom. The van der Waals surface area contributed by atoms with Crippen LogP contribution in [0.2, 0.25) is 0 Å². The van der Waals surface area contributed by atoms with Gasteiger partial charge in [-0.2, -0.15) is 0 Å². The molecule has 9 nitrogen and oxygen atoms in total. The first-order valence-corrected chi connectivity index (χ1v) is 9.26. The third-order valence-electron chi connectivity index (χ3n) is 5.05. The third-order valence-corrected chi connectivity index (χ3v) is 5.05. The number of azide groups is 1. The molecule has 0 bridgehead atoms. The average molecular weight is 390 g/mol. The highest BCUT2D eigenvalue weighted by Crippen LogP contribution is 2.30. The number of cyclic esters (lactones) is 1. The number of nitrogens with one attached hydrogen (secondary N) is 1. The van der Waals surface area contributed by atoms with Crippen molar-refractivity contribution in [2.75, 3.05) is 42.5 Å². The Balaban J connectivity index is 1.62. The summed E-state index contributed by atoms with van der Waals surface area (Å²) >= 11 is 0. The van der Waals surface area contributed by atoms with Crippen LogP contribution in [-0.4, -0.2) is 50.8 Å². The molecule has 28 heavy (non-hydrogen) atoms. The van der Waals surface area contributed by atoms with Crippen LogP contribution in [-0.2, 0) is 9.53 Å². The summed E-state index contributed by atoms with van der Waals surface area (Å²) in [6.07, 6.45) is 0.656. The summed E-state index contributed by atoms with van der Waals surface area (Å²) in [5.74, 6) is -0.272. The number of hydrogen-bond donors (Lipinski definition) is 1. The monoisotopic (exact) mass is 390 g/mol. The van der Waals surface area contributed by atoms with Crippen molar-refractivity contribution in [3.63, 3.8) is 0 Å². The molecule has 2 aliphatic rings. The molecule has 1 aromatic carbocycles. The van der Waals surface area contributed by atoms with Gasteiger partial charge in [0.05, 0.1) is 24.5 Å². The zero-order valence-corrected chi connectivity index (χ0v) is 15.7. The van der Waals surface area contributed by atoms with Crippen molar-refractivity contribution in [3.8, 4) is 0 Å². The number of amides is 2. The molecule has 0 spiro atoms. The lowest BCUT2D eigenvalue weighted by molar-refractivity contribution is -0.119. The number of hydrogen-bond acceptors (Lipinski definition) is 5. The first-order chi connectivity index (χ1) is 13.5. The number of halogens is 1. The van der Waals surface area contributed by atoms with Gasteiger partial charge in [-0.05, 0) is 42.5 Å². The van der Waals surface area contributed by atoms with Gasteiger partial charge in [-0.15, -0.1) is 0 Å². The maximum atomic E-state index is 14.7. The fraction of sp³-hybridized carbons (Fsp3) is 0.556. The van der Waals surface area contributed by atoms with Gasteiger partial charge in [-0.25, -0.2) is 9.18 Å². The first-order valence-electron chi connectivity index (χ1n) is 9.26. The number of ether oxygens (including phenoxy) is 1. The maximum Gasteiger partial charge on any atom is 0.414 e. The molecular formula is C18H23FN6O3. The van der Waals surface area contributed by atoms with Gasteiger partial charge in [-0.1, -0.05) is 5.11 Å². The van der Waals surface area contributed by atoms with Crippen LogP contribution in [0.4, 0.5) is 20.6 Å². The van der Waals surface area contributed by atoms with E-state index in [-0.39, 0.29) is 19.0 Å². The summed E-state index contributed by atoms with van der Waals surface area (Å²) in [5.41, 5.74) is 9.33. The number of piperidine rings is 1.